The van der Waals surface area contributed by atoms with Gasteiger partial charge in [-0.05, 0) is 62.9 Å². The number of anilines is 2. The molecule has 2 N–H and O–H groups in total. The van der Waals surface area contributed by atoms with Gasteiger partial charge < -0.3 is 25.2 Å². The molecule has 3 aromatic rings. The normalized spacial score (nSPS) is 17.8. The highest BCUT2D eigenvalue weighted by Crippen LogP contribution is 2.25. The fraction of sp³-hybridized carbons (Fsp3) is 0.545. The number of aromatic nitrogens is 4. The molecule has 2 fully saturated rings. The van der Waals surface area contributed by atoms with E-state index in [9.17, 15) is 9.59 Å². The summed E-state index contributed by atoms with van der Waals surface area (Å²) in [5.41, 5.74) is 5.06. The Bertz CT molecular complexity index is 1490. The quantitative estimate of drug-likeness (QED) is 0.298. The minimum Gasteiger partial charge on any atom is -0.381 e. The predicted molar refractivity (Wildman–Crippen MR) is 172 cm³/mol. The van der Waals surface area contributed by atoms with E-state index in [-0.39, 0.29) is 29.6 Å². The number of nitrogens with one attached hydrogen (secondary N) is 2. The van der Waals surface area contributed by atoms with E-state index in [2.05, 4.69) is 48.6 Å². The van der Waals surface area contributed by atoms with Crippen molar-refractivity contribution in [2.24, 2.45) is 5.92 Å². The first-order valence-electron chi connectivity index (χ1n) is 15.7. The Balaban J connectivity index is 1.26. The Hall–Kier alpha value is -3.83. The number of aryl methyl sites for hydroxylation is 1. The van der Waals surface area contributed by atoms with E-state index in [1.165, 1.54) is 0 Å². The van der Waals surface area contributed by atoms with E-state index < -0.39 is 0 Å². The first kappa shape index (κ1) is 31.6. The molecule has 11 heteroatoms. The van der Waals surface area contributed by atoms with Crippen LogP contribution in [0.15, 0.2) is 36.5 Å². The summed E-state index contributed by atoms with van der Waals surface area (Å²) in [7, 11) is 3.93. The summed E-state index contributed by atoms with van der Waals surface area (Å²) in [5, 5.41) is 11.6. The summed E-state index contributed by atoms with van der Waals surface area (Å²) >= 11 is 0. The first-order valence-corrected chi connectivity index (χ1v) is 15.7. The van der Waals surface area contributed by atoms with Gasteiger partial charge in [0.2, 0.25) is 17.8 Å². The smallest absolute Gasteiger partial charge is 0.246 e. The highest BCUT2D eigenvalue weighted by atomic mass is 16.5. The van der Waals surface area contributed by atoms with Gasteiger partial charge in [-0.1, -0.05) is 38.1 Å². The SMILES string of the molecule is Cc1ccc(CC(=O)C2CCN(C(=O)/C=C/CN(C)C)C2)cc1CNc1nc(NC2CCOCC2)nc2c(C(C)C)cnn12. The number of likely N-dealkylation sites (tertiary alicyclic amines) is 1. The molecule has 1 atom stereocenters. The Morgan fingerprint density at radius 1 is 1.16 bits per heavy atom. The predicted octanol–water partition coefficient (Wildman–Crippen LogP) is 3.84. The van der Waals surface area contributed by atoms with Gasteiger partial charge in [0.25, 0.3) is 0 Å². The van der Waals surface area contributed by atoms with Gasteiger partial charge in [0, 0.05) is 69.4 Å². The molecule has 0 spiro atoms. The van der Waals surface area contributed by atoms with Crippen LogP contribution in [0.1, 0.15) is 61.3 Å². The van der Waals surface area contributed by atoms with Crippen molar-refractivity contribution in [3.63, 3.8) is 0 Å². The van der Waals surface area contributed by atoms with Crippen molar-refractivity contribution in [3.05, 3.63) is 58.8 Å². The van der Waals surface area contributed by atoms with Crippen LogP contribution in [-0.2, 0) is 27.3 Å². The zero-order valence-corrected chi connectivity index (χ0v) is 26.7. The second kappa shape index (κ2) is 14.3. The average molecular weight is 603 g/mol. The van der Waals surface area contributed by atoms with Crippen LogP contribution in [0.5, 0.6) is 0 Å². The molecule has 0 saturated carbocycles. The van der Waals surface area contributed by atoms with Gasteiger partial charge in [-0.15, -0.1) is 0 Å². The second-order valence-electron chi connectivity index (χ2n) is 12.6. The van der Waals surface area contributed by atoms with E-state index in [0.29, 0.717) is 50.9 Å². The Morgan fingerprint density at radius 2 is 1.95 bits per heavy atom. The highest BCUT2D eigenvalue weighted by Gasteiger charge is 2.30. The lowest BCUT2D eigenvalue weighted by Gasteiger charge is -2.23. The number of carbonyl (C=O) groups is 2. The van der Waals surface area contributed by atoms with E-state index in [4.69, 9.17) is 14.7 Å². The molecule has 2 aromatic heterocycles. The zero-order valence-electron chi connectivity index (χ0n) is 26.7. The number of rotatable bonds is 12. The number of carbonyl (C=O) groups excluding carboxylic acids is 2. The van der Waals surface area contributed by atoms with Crippen molar-refractivity contribution < 1.29 is 14.3 Å². The standard InChI is InChI=1S/C33H46N8O3/c1-22(2)28-20-35-41-31(28)37-32(36-27-11-15-44-16-12-27)38-33(41)34-19-26-17-24(9-8-23(26)3)18-29(42)25-10-14-40(21-25)30(43)7-6-13-39(4)5/h6-9,17,20,22,25,27H,10-16,18-19,21H2,1-5H3,(H2,34,36,37,38)/b7-6+. The summed E-state index contributed by atoms with van der Waals surface area (Å²) in [5.74, 6) is 1.51. The molecule has 2 aliphatic rings. The molecule has 4 heterocycles. The number of amides is 1. The third-order valence-electron chi connectivity index (χ3n) is 8.49. The van der Waals surface area contributed by atoms with Gasteiger partial charge in [-0.2, -0.15) is 19.6 Å². The Morgan fingerprint density at radius 3 is 2.70 bits per heavy atom. The number of Topliss-reactive ketones (excluding diaryl/α,β-unsaturated/α-hetero) is 1. The van der Waals surface area contributed by atoms with Gasteiger partial charge >= 0.3 is 0 Å². The molecule has 1 amide bonds. The minimum absolute atomic E-state index is 0.0199. The molecule has 44 heavy (non-hydrogen) atoms. The maximum absolute atomic E-state index is 13.2. The number of nitrogens with zero attached hydrogens (tertiary/aromatic N) is 6. The Labute approximate surface area is 260 Å². The summed E-state index contributed by atoms with van der Waals surface area (Å²) < 4.78 is 7.29. The number of ketones is 1. The van der Waals surface area contributed by atoms with E-state index >= 15 is 0 Å². The largest absolute Gasteiger partial charge is 0.381 e. The van der Waals surface area contributed by atoms with Crippen LogP contribution in [0.3, 0.4) is 0 Å². The highest BCUT2D eigenvalue weighted by molar-refractivity contribution is 5.90. The van der Waals surface area contributed by atoms with Gasteiger partial charge in [0.1, 0.15) is 5.78 Å². The van der Waals surface area contributed by atoms with Crippen LogP contribution in [0.4, 0.5) is 11.9 Å². The first-order chi connectivity index (χ1) is 21.2. The number of hydrogen-bond donors (Lipinski definition) is 2. The summed E-state index contributed by atoms with van der Waals surface area (Å²) in [6, 6.07) is 6.47. The lowest BCUT2D eigenvalue weighted by Crippen LogP contribution is -2.29. The molecular formula is C33H46N8O3. The number of ether oxygens (including phenoxy) is 1. The molecule has 11 nitrogen and oxygen atoms in total. The third-order valence-corrected chi connectivity index (χ3v) is 8.49. The molecule has 0 bridgehead atoms. The zero-order chi connectivity index (χ0) is 31.2. The second-order valence-corrected chi connectivity index (χ2v) is 12.6. The molecule has 2 saturated heterocycles. The monoisotopic (exact) mass is 602 g/mol. The number of likely N-dealkylation sites (N-methyl/N-ethyl adjacent to an activating group) is 1. The lowest BCUT2D eigenvalue weighted by atomic mass is 9.95. The van der Waals surface area contributed by atoms with Crippen molar-refractivity contribution >= 4 is 29.2 Å². The molecule has 2 aliphatic heterocycles. The van der Waals surface area contributed by atoms with E-state index in [1.54, 1.807) is 15.5 Å². The van der Waals surface area contributed by atoms with Crippen LogP contribution in [0.2, 0.25) is 0 Å². The van der Waals surface area contributed by atoms with Crippen LogP contribution >= 0.6 is 0 Å². The van der Waals surface area contributed by atoms with Crippen molar-refractivity contribution in [1.82, 2.24) is 29.4 Å². The van der Waals surface area contributed by atoms with Crippen LogP contribution in [0, 0.1) is 12.8 Å². The molecule has 1 aromatic carbocycles. The molecule has 0 aliphatic carbocycles. The average Bonchev–Trinajstić information content (AvgIpc) is 3.66. The summed E-state index contributed by atoms with van der Waals surface area (Å²) in [4.78, 5) is 39.2. The van der Waals surface area contributed by atoms with Gasteiger partial charge in [-0.3, -0.25) is 9.59 Å². The molecule has 0 radical (unpaired) electrons. The topological polar surface area (TPSA) is 117 Å². The minimum atomic E-state index is -0.130. The van der Waals surface area contributed by atoms with Crippen LogP contribution in [0.25, 0.3) is 5.65 Å². The van der Waals surface area contributed by atoms with Crippen molar-refractivity contribution in [2.75, 3.05) is 57.6 Å². The number of hydrogen-bond acceptors (Lipinski definition) is 9. The fourth-order valence-corrected chi connectivity index (χ4v) is 5.74. The molecular weight excluding hydrogens is 556 g/mol. The third kappa shape index (κ3) is 7.81. The lowest BCUT2D eigenvalue weighted by molar-refractivity contribution is -0.125. The van der Waals surface area contributed by atoms with Crippen molar-refractivity contribution in [1.29, 1.82) is 0 Å². The van der Waals surface area contributed by atoms with Crippen LogP contribution < -0.4 is 10.6 Å². The number of fused-ring (bicyclic) bond motifs is 1. The molecule has 1 unspecified atom stereocenters. The van der Waals surface area contributed by atoms with Crippen LogP contribution in [-0.4, -0.2) is 94.1 Å². The van der Waals surface area contributed by atoms with E-state index in [0.717, 1.165) is 54.0 Å². The van der Waals surface area contributed by atoms with Gasteiger partial charge in [-0.25, -0.2) is 0 Å². The maximum atomic E-state index is 13.2. The maximum Gasteiger partial charge on any atom is 0.246 e. The Kier molecular flexibility index (Phi) is 10.3. The molecule has 236 valence electrons. The summed E-state index contributed by atoms with van der Waals surface area (Å²) in [6.07, 6.45) is 8.25. The van der Waals surface area contributed by atoms with Crippen molar-refractivity contribution in [3.8, 4) is 0 Å². The van der Waals surface area contributed by atoms with Gasteiger partial charge in [0.05, 0.1) is 6.20 Å². The number of benzene rings is 1. The molecule has 5 rings (SSSR count). The van der Waals surface area contributed by atoms with Crippen molar-refractivity contribution in [2.45, 2.75) is 65.0 Å². The van der Waals surface area contributed by atoms with Gasteiger partial charge in [0.15, 0.2) is 5.65 Å². The van der Waals surface area contributed by atoms with E-state index in [1.807, 2.05) is 37.3 Å². The fourth-order valence-electron chi connectivity index (χ4n) is 5.74. The summed E-state index contributed by atoms with van der Waals surface area (Å²) in [6.45, 7) is 10.2.